The fourth-order valence-electron chi connectivity index (χ4n) is 0.301. The molecule has 0 aromatic heterocycles. The highest BCUT2D eigenvalue weighted by Gasteiger charge is 2.23. The van der Waals surface area contributed by atoms with Gasteiger partial charge in [-0.1, -0.05) is 34.8 Å². The molecule has 2 N–H and O–H groups in total. The summed E-state index contributed by atoms with van der Waals surface area (Å²) in [6.45, 7) is 1.32. The van der Waals surface area contributed by atoms with Gasteiger partial charge in [0, 0.05) is 6.08 Å². The zero-order chi connectivity index (χ0) is 8.36. The average Bonchev–Trinajstić information content (AvgIpc) is 1.60. The van der Waals surface area contributed by atoms with Crippen LogP contribution in [0.2, 0.25) is 0 Å². The van der Waals surface area contributed by atoms with E-state index in [1.54, 1.807) is 0 Å². The molecular formula is C5H6Cl3NO. The molecule has 0 bridgehead atoms. The van der Waals surface area contributed by atoms with E-state index < -0.39 is 3.79 Å². The molecular weight excluding hydrogens is 196 g/mol. The molecule has 0 saturated carbocycles. The van der Waals surface area contributed by atoms with Gasteiger partial charge in [0.25, 0.3) is 0 Å². The molecule has 10 heavy (non-hydrogen) atoms. The van der Waals surface area contributed by atoms with Crippen LogP contribution in [0, 0.1) is 0 Å². The molecule has 0 saturated heterocycles. The summed E-state index contributed by atoms with van der Waals surface area (Å²) in [6, 6.07) is 0. The van der Waals surface area contributed by atoms with Crippen molar-refractivity contribution in [3.63, 3.8) is 0 Å². The van der Waals surface area contributed by atoms with Crippen LogP contribution in [0.4, 0.5) is 0 Å². The lowest BCUT2D eigenvalue weighted by Gasteiger charge is -2.09. The topological polar surface area (TPSA) is 43.1 Å². The van der Waals surface area contributed by atoms with Gasteiger partial charge in [0.15, 0.2) is 5.78 Å². The van der Waals surface area contributed by atoms with E-state index in [0.717, 1.165) is 6.08 Å². The van der Waals surface area contributed by atoms with E-state index in [-0.39, 0.29) is 11.5 Å². The largest absolute Gasteiger partial charge is 0.398 e. The molecule has 0 atom stereocenters. The number of hydrogen-bond donors (Lipinski definition) is 1. The molecule has 0 spiro atoms. The molecule has 0 aliphatic heterocycles. The van der Waals surface area contributed by atoms with Gasteiger partial charge in [-0.3, -0.25) is 4.79 Å². The van der Waals surface area contributed by atoms with E-state index in [1.807, 2.05) is 0 Å². The number of alkyl halides is 3. The Labute approximate surface area is 73.9 Å². The van der Waals surface area contributed by atoms with Crippen LogP contribution >= 0.6 is 34.8 Å². The standard InChI is InChI=1S/C5H6Cl3NO/c1-3(10)2-4(9)5(6,7)8/h2H,9H2,1H3. The first-order valence-electron chi connectivity index (χ1n) is 2.39. The Bertz CT molecular complexity index is 170. The number of nitrogens with two attached hydrogens (primary N) is 1. The van der Waals surface area contributed by atoms with Gasteiger partial charge in [-0.15, -0.1) is 0 Å². The number of hydrogen-bond acceptors (Lipinski definition) is 2. The van der Waals surface area contributed by atoms with Crippen molar-refractivity contribution in [2.45, 2.75) is 10.7 Å². The van der Waals surface area contributed by atoms with Crippen molar-refractivity contribution >= 4 is 40.6 Å². The summed E-state index contributed by atoms with van der Waals surface area (Å²) in [5.41, 5.74) is 5.13. The Kier molecular flexibility index (Phi) is 3.49. The van der Waals surface area contributed by atoms with Gasteiger partial charge in [0.05, 0.1) is 5.70 Å². The van der Waals surface area contributed by atoms with Crippen LogP contribution in [0.1, 0.15) is 6.92 Å². The fourth-order valence-corrected chi connectivity index (χ4v) is 0.464. The summed E-state index contributed by atoms with van der Waals surface area (Å²) >= 11 is 15.9. The lowest BCUT2D eigenvalue weighted by atomic mass is 10.3. The van der Waals surface area contributed by atoms with Gasteiger partial charge in [-0.05, 0) is 6.92 Å². The highest BCUT2D eigenvalue weighted by molar-refractivity contribution is 6.69. The molecule has 0 aliphatic carbocycles. The number of carbonyl (C=O) groups excluding carboxylic acids is 1. The van der Waals surface area contributed by atoms with Crippen molar-refractivity contribution in [2.75, 3.05) is 0 Å². The SMILES string of the molecule is CC(=O)C=C(N)C(Cl)(Cl)Cl. The molecule has 5 heteroatoms. The first kappa shape index (κ1) is 10.1. The smallest absolute Gasteiger partial charge is 0.230 e. The minimum atomic E-state index is -1.67. The monoisotopic (exact) mass is 201 g/mol. The van der Waals surface area contributed by atoms with E-state index in [0.29, 0.717) is 0 Å². The summed E-state index contributed by atoms with van der Waals surface area (Å²) < 4.78 is -1.67. The van der Waals surface area contributed by atoms with Gasteiger partial charge in [-0.25, -0.2) is 0 Å². The molecule has 0 aromatic rings. The third kappa shape index (κ3) is 3.99. The molecule has 0 aromatic carbocycles. The second-order valence-corrected chi connectivity index (χ2v) is 3.99. The normalized spacial score (nSPS) is 13.4. The molecule has 0 unspecified atom stereocenters. The Morgan fingerprint density at radius 2 is 1.90 bits per heavy atom. The summed E-state index contributed by atoms with van der Waals surface area (Å²) in [5.74, 6) is -0.246. The summed E-state index contributed by atoms with van der Waals surface area (Å²) in [6.07, 6.45) is 1.08. The fraction of sp³-hybridized carbons (Fsp3) is 0.400. The first-order valence-corrected chi connectivity index (χ1v) is 3.52. The highest BCUT2D eigenvalue weighted by atomic mass is 35.6. The lowest BCUT2D eigenvalue weighted by Crippen LogP contribution is -2.16. The number of carbonyl (C=O) groups is 1. The van der Waals surface area contributed by atoms with E-state index in [4.69, 9.17) is 40.5 Å². The third-order valence-corrected chi connectivity index (χ3v) is 1.34. The van der Waals surface area contributed by atoms with Crippen molar-refractivity contribution in [3.8, 4) is 0 Å². The van der Waals surface area contributed by atoms with Crippen molar-refractivity contribution in [1.29, 1.82) is 0 Å². The summed E-state index contributed by atoms with van der Waals surface area (Å²) in [7, 11) is 0. The summed E-state index contributed by atoms with van der Waals surface area (Å²) in [5, 5.41) is 0. The maximum absolute atomic E-state index is 10.4. The van der Waals surface area contributed by atoms with E-state index >= 15 is 0 Å². The minimum absolute atomic E-state index is 0.0648. The average molecular weight is 202 g/mol. The van der Waals surface area contributed by atoms with Crippen LogP contribution in [-0.4, -0.2) is 9.58 Å². The number of ketones is 1. The van der Waals surface area contributed by atoms with E-state index in [9.17, 15) is 4.79 Å². The van der Waals surface area contributed by atoms with Crippen LogP contribution in [0.5, 0.6) is 0 Å². The van der Waals surface area contributed by atoms with Crippen molar-refractivity contribution in [2.24, 2.45) is 5.73 Å². The number of rotatable bonds is 1. The number of halogens is 3. The Morgan fingerprint density at radius 3 is 2.00 bits per heavy atom. The maximum atomic E-state index is 10.4. The highest BCUT2D eigenvalue weighted by Crippen LogP contribution is 2.31. The predicted octanol–water partition coefficient (Wildman–Crippen LogP) is 1.79. The second-order valence-electron chi connectivity index (χ2n) is 1.71. The van der Waals surface area contributed by atoms with Gasteiger partial charge < -0.3 is 5.73 Å². The van der Waals surface area contributed by atoms with E-state index in [1.165, 1.54) is 6.92 Å². The van der Waals surface area contributed by atoms with E-state index in [2.05, 4.69) is 0 Å². The molecule has 0 radical (unpaired) electrons. The molecule has 2 nitrogen and oxygen atoms in total. The quantitative estimate of drug-likeness (QED) is 0.520. The molecule has 0 heterocycles. The van der Waals surface area contributed by atoms with Crippen LogP contribution in [0.3, 0.4) is 0 Å². The lowest BCUT2D eigenvalue weighted by molar-refractivity contribution is -0.112. The molecule has 58 valence electrons. The van der Waals surface area contributed by atoms with Crippen LogP contribution < -0.4 is 5.73 Å². The third-order valence-electron chi connectivity index (χ3n) is 0.686. The maximum Gasteiger partial charge on any atom is 0.230 e. The van der Waals surface area contributed by atoms with Gasteiger partial charge in [0.1, 0.15) is 0 Å². The zero-order valence-electron chi connectivity index (χ0n) is 5.20. The van der Waals surface area contributed by atoms with Crippen LogP contribution in [0.25, 0.3) is 0 Å². The van der Waals surface area contributed by atoms with Crippen LogP contribution in [-0.2, 0) is 4.79 Å². The van der Waals surface area contributed by atoms with Gasteiger partial charge in [-0.2, -0.15) is 0 Å². The predicted molar refractivity (Wildman–Crippen MR) is 43.2 cm³/mol. The van der Waals surface area contributed by atoms with Gasteiger partial charge >= 0.3 is 0 Å². The van der Waals surface area contributed by atoms with Crippen molar-refractivity contribution in [1.82, 2.24) is 0 Å². The second kappa shape index (κ2) is 3.46. The van der Waals surface area contributed by atoms with Crippen molar-refractivity contribution in [3.05, 3.63) is 11.8 Å². The Balaban J connectivity index is 4.35. The van der Waals surface area contributed by atoms with Crippen molar-refractivity contribution < 1.29 is 4.79 Å². The minimum Gasteiger partial charge on any atom is -0.398 e. The molecule has 0 rings (SSSR count). The Morgan fingerprint density at radius 1 is 1.50 bits per heavy atom. The first-order chi connectivity index (χ1) is 4.34. The molecule has 0 fully saturated rings. The van der Waals surface area contributed by atoms with Crippen LogP contribution in [0.15, 0.2) is 11.8 Å². The Hall–Kier alpha value is 0.0800. The number of allylic oxidation sites excluding steroid dienone is 2. The molecule has 0 amide bonds. The van der Waals surface area contributed by atoms with Gasteiger partial charge in [0.2, 0.25) is 3.79 Å². The summed E-state index contributed by atoms with van der Waals surface area (Å²) in [4.78, 5) is 10.4. The molecule has 0 aliphatic rings. The zero-order valence-corrected chi connectivity index (χ0v) is 7.46.